The Kier molecular flexibility index (Phi) is 7.02. The number of amides is 2. The standard InChI is InChI=1S/C28H28ClN3O3/c29-23-9-7-21(8-10-23)28(34)31-18-22-3-1-2-4-26(22)32(27(33)19-31)17-20-5-11-24(12-6-20)35-25-13-15-30-16-14-25/h1-12,25,30H,13-19H2. The van der Waals surface area contributed by atoms with Gasteiger partial charge in [0.15, 0.2) is 0 Å². The molecule has 2 aliphatic heterocycles. The smallest absolute Gasteiger partial charge is 0.254 e. The minimum Gasteiger partial charge on any atom is -0.490 e. The molecule has 1 N–H and O–H groups in total. The molecule has 2 heterocycles. The van der Waals surface area contributed by atoms with Crippen LogP contribution in [0, 0.1) is 0 Å². The van der Waals surface area contributed by atoms with Crippen molar-refractivity contribution in [3.05, 3.63) is 94.5 Å². The number of anilines is 1. The van der Waals surface area contributed by atoms with Crippen LogP contribution in [-0.4, -0.2) is 42.5 Å². The van der Waals surface area contributed by atoms with Gasteiger partial charge in [0.25, 0.3) is 5.91 Å². The van der Waals surface area contributed by atoms with Gasteiger partial charge >= 0.3 is 0 Å². The lowest BCUT2D eigenvalue weighted by atomic mass is 10.1. The molecule has 0 unspecified atom stereocenters. The zero-order valence-corrected chi connectivity index (χ0v) is 20.2. The lowest BCUT2D eigenvalue weighted by Gasteiger charge is -2.25. The number of hydrogen-bond donors (Lipinski definition) is 1. The molecule has 2 aliphatic rings. The van der Waals surface area contributed by atoms with E-state index in [0.29, 0.717) is 23.7 Å². The Labute approximate surface area is 210 Å². The summed E-state index contributed by atoms with van der Waals surface area (Å²) in [5, 5.41) is 3.91. The van der Waals surface area contributed by atoms with Crippen LogP contribution >= 0.6 is 11.6 Å². The number of benzene rings is 3. The summed E-state index contributed by atoms with van der Waals surface area (Å²) in [6.45, 7) is 2.76. The molecule has 1 fully saturated rings. The molecule has 0 saturated carbocycles. The lowest BCUT2D eigenvalue weighted by molar-refractivity contribution is -0.119. The minimum atomic E-state index is -0.189. The molecule has 0 bridgehead atoms. The van der Waals surface area contributed by atoms with Gasteiger partial charge < -0.3 is 19.9 Å². The molecule has 1 saturated heterocycles. The summed E-state index contributed by atoms with van der Waals surface area (Å²) in [6.07, 6.45) is 2.25. The fourth-order valence-corrected chi connectivity index (χ4v) is 4.73. The van der Waals surface area contributed by atoms with Crippen molar-refractivity contribution in [1.29, 1.82) is 0 Å². The molecule has 35 heavy (non-hydrogen) atoms. The first-order valence-corrected chi connectivity index (χ1v) is 12.3. The van der Waals surface area contributed by atoms with Crippen LogP contribution in [-0.2, 0) is 17.9 Å². The van der Waals surface area contributed by atoms with E-state index in [4.69, 9.17) is 16.3 Å². The molecule has 3 aromatic carbocycles. The molecule has 180 valence electrons. The highest BCUT2D eigenvalue weighted by atomic mass is 35.5. The molecule has 0 radical (unpaired) electrons. The maximum Gasteiger partial charge on any atom is 0.254 e. The van der Waals surface area contributed by atoms with Gasteiger partial charge in [-0.15, -0.1) is 0 Å². The predicted molar refractivity (Wildman–Crippen MR) is 137 cm³/mol. The summed E-state index contributed by atoms with van der Waals surface area (Å²) in [7, 11) is 0. The quantitative estimate of drug-likeness (QED) is 0.566. The molecular formula is C28H28ClN3O3. The number of ether oxygens (including phenoxy) is 1. The minimum absolute atomic E-state index is 0.00699. The second kappa shape index (κ2) is 10.5. The monoisotopic (exact) mass is 489 g/mol. The summed E-state index contributed by atoms with van der Waals surface area (Å²) < 4.78 is 6.11. The number of para-hydroxylation sites is 1. The maximum atomic E-state index is 13.4. The van der Waals surface area contributed by atoms with Crippen molar-refractivity contribution < 1.29 is 14.3 Å². The van der Waals surface area contributed by atoms with Crippen molar-refractivity contribution >= 4 is 29.1 Å². The van der Waals surface area contributed by atoms with E-state index >= 15 is 0 Å². The van der Waals surface area contributed by atoms with Gasteiger partial charge in [0.2, 0.25) is 5.91 Å². The number of fused-ring (bicyclic) bond motifs is 1. The maximum absolute atomic E-state index is 13.4. The summed E-state index contributed by atoms with van der Waals surface area (Å²) in [5.74, 6) is 0.543. The molecule has 0 aliphatic carbocycles. The summed E-state index contributed by atoms with van der Waals surface area (Å²) in [4.78, 5) is 29.9. The third kappa shape index (κ3) is 5.50. The number of carbonyl (C=O) groups is 2. The number of halogens is 1. The van der Waals surface area contributed by atoms with Crippen molar-refractivity contribution in [3.8, 4) is 5.75 Å². The zero-order chi connectivity index (χ0) is 24.2. The van der Waals surface area contributed by atoms with E-state index in [0.717, 1.165) is 48.5 Å². The second-order valence-electron chi connectivity index (χ2n) is 8.99. The molecule has 0 spiro atoms. The van der Waals surface area contributed by atoms with Gasteiger partial charge in [-0.25, -0.2) is 0 Å². The van der Waals surface area contributed by atoms with Gasteiger partial charge in [-0.2, -0.15) is 0 Å². The van der Waals surface area contributed by atoms with Crippen LogP contribution in [0.2, 0.25) is 5.02 Å². The molecular weight excluding hydrogens is 462 g/mol. The van der Waals surface area contributed by atoms with E-state index in [2.05, 4.69) is 5.32 Å². The molecule has 7 heteroatoms. The van der Waals surface area contributed by atoms with Gasteiger partial charge in [0.1, 0.15) is 18.4 Å². The molecule has 6 nitrogen and oxygen atoms in total. The Morgan fingerprint density at radius 2 is 1.66 bits per heavy atom. The van der Waals surface area contributed by atoms with Crippen LogP contribution in [0.3, 0.4) is 0 Å². The Morgan fingerprint density at radius 3 is 2.40 bits per heavy atom. The highest BCUT2D eigenvalue weighted by Gasteiger charge is 2.29. The van der Waals surface area contributed by atoms with Crippen LogP contribution in [0.25, 0.3) is 0 Å². The van der Waals surface area contributed by atoms with Crippen LogP contribution in [0.4, 0.5) is 5.69 Å². The van der Waals surface area contributed by atoms with E-state index in [-0.39, 0.29) is 24.5 Å². The number of piperidine rings is 1. The molecule has 3 aromatic rings. The number of nitrogens with zero attached hydrogens (tertiary/aromatic N) is 2. The largest absolute Gasteiger partial charge is 0.490 e. The van der Waals surface area contributed by atoms with Crippen molar-refractivity contribution in [1.82, 2.24) is 10.2 Å². The van der Waals surface area contributed by atoms with Crippen molar-refractivity contribution in [3.63, 3.8) is 0 Å². The summed E-state index contributed by atoms with van der Waals surface area (Å²) >= 11 is 5.98. The Balaban J connectivity index is 1.33. The Bertz CT molecular complexity index is 1190. The van der Waals surface area contributed by atoms with Gasteiger partial charge in [-0.1, -0.05) is 41.9 Å². The molecule has 0 aromatic heterocycles. The first kappa shape index (κ1) is 23.4. The highest BCUT2D eigenvalue weighted by molar-refractivity contribution is 6.30. The van der Waals surface area contributed by atoms with Gasteiger partial charge in [-0.3, -0.25) is 9.59 Å². The molecule has 0 atom stereocenters. The average Bonchev–Trinajstić information content (AvgIpc) is 3.02. The van der Waals surface area contributed by atoms with Crippen LogP contribution in [0.15, 0.2) is 72.8 Å². The summed E-state index contributed by atoms with van der Waals surface area (Å²) in [5.41, 5.74) is 3.28. The van der Waals surface area contributed by atoms with Crippen molar-refractivity contribution in [2.24, 2.45) is 0 Å². The van der Waals surface area contributed by atoms with E-state index in [1.54, 1.807) is 34.1 Å². The fourth-order valence-electron chi connectivity index (χ4n) is 4.61. The number of carbonyl (C=O) groups excluding carboxylic acids is 2. The third-order valence-corrected chi connectivity index (χ3v) is 6.75. The van der Waals surface area contributed by atoms with E-state index in [1.165, 1.54) is 0 Å². The second-order valence-corrected chi connectivity index (χ2v) is 9.42. The van der Waals surface area contributed by atoms with Crippen molar-refractivity contribution in [2.45, 2.75) is 32.0 Å². The van der Waals surface area contributed by atoms with E-state index in [1.807, 2.05) is 48.5 Å². The van der Waals surface area contributed by atoms with Gasteiger partial charge in [0.05, 0.1) is 6.54 Å². The Hall–Kier alpha value is -3.35. The first-order chi connectivity index (χ1) is 17.1. The molecule has 5 rings (SSSR count). The van der Waals surface area contributed by atoms with Crippen LogP contribution in [0.1, 0.15) is 34.3 Å². The first-order valence-electron chi connectivity index (χ1n) is 12.0. The lowest BCUT2D eigenvalue weighted by Crippen LogP contribution is -2.39. The third-order valence-electron chi connectivity index (χ3n) is 6.50. The van der Waals surface area contributed by atoms with Crippen molar-refractivity contribution in [2.75, 3.05) is 24.5 Å². The SMILES string of the molecule is O=C(c1ccc(Cl)cc1)N1CC(=O)N(Cc2ccc(OC3CCNCC3)cc2)c2ccccc2C1. The van der Waals surface area contributed by atoms with Crippen LogP contribution in [0.5, 0.6) is 5.75 Å². The highest BCUT2D eigenvalue weighted by Crippen LogP contribution is 2.28. The predicted octanol–water partition coefficient (Wildman–Crippen LogP) is 4.66. The average molecular weight is 490 g/mol. The number of nitrogens with one attached hydrogen (secondary N) is 1. The molecule has 2 amide bonds. The Morgan fingerprint density at radius 1 is 0.943 bits per heavy atom. The van der Waals surface area contributed by atoms with Crippen LogP contribution < -0.4 is 15.0 Å². The summed E-state index contributed by atoms with van der Waals surface area (Å²) in [6, 6.07) is 22.5. The fraction of sp³-hybridized carbons (Fsp3) is 0.286. The van der Waals surface area contributed by atoms with Gasteiger partial charge in [0, 0.05) is 22.8 Å². The van der Waals surface area contributed by atoms with Gasteiger partial charge in [-0.05, 0) is 79.5 Å². The topological polar surface area (TPSA) is 61.9 Å². The normalized spacial score (nSPS) is 16.5. The zero-order valence-electron chi connectivity index (χ0n) is 19.5. The van der Waals surface area contributed by atoms with E-state index in [9.17, 15) is 9.59 Å². The van der Waals surface area contributed by atoms with E-state index < -0.39 is 0 Å². The number of rotatable bonds is 5. The number of hydrogen-bond acceptors (Lipinski definition) is 4.